The van der Waals surface area contributed by atoms with Crippen molar-refractivity contribution in [3.8, 4) is 0 Å². The van der Waals surface area contributed by atoms with Gasteiger partial charge in [-0.3, -0.25) is 4.68 Å². The highest BCUT2D eigenvalue weighted by atomic mass is 32.1. The van der Waals surface area contributed by atoms with E-state index in [9.17, 15) is 0 Å². The Morgan fingerprint density at radius 2 is 2.20 bits per heavy atom. The molecule has 15 heavy (non-hydrogen) atoms. The van der Waals surface area contributed by atoms with E-state index in [0.717, 1.165) is 13.1 Å². The number of thiophene rings is 1. The van der Waals surface area contributed by atoms with Crippen LogP contribution in [0.5, 0.6) is 0 Å². The smallest absolute Gasteiger partial charge is 0.0752 e. The fourth-order valence-electron chi connectivity index (χ4n) is 1.49. The minimum atomic E-state index is 0.877. The van der Waals surface area contributed by atoms with Gasteiger partial charge in [-0.25, -0.2) is 0 Å². The lowest BCUT2D eigenvalue weighted by Crippen LogP contribution is -2.02. The van der Waals surface area contributed by atoms with Crippen LogP contribution in [-0.2, 0) is 13.1 Å². The normalized spacial score (nSPS) is 10.8. The summed E-state index contributed by atoms with van der Waals surface area (Å²) in [5, 5.41) is 7.43. The van der Waals surface area contributed by atoms with E-state index in [2.05, 4.69) is 35.7 Å². The molecule has 0 aliphatic rings. The van der Waals surface area contributed by atoms with E-state index < -0.39 is 0 Å². The third-order valence-corrected chi connectivity index (χ3v) is 3.22. The van der Waals surface area contributed by atoms with Crippen LogP contribution < -0.4 is 5.32 Å². The average Bonchev–Trinajstić information content (AvgIpc) is 2.78. The maximum Gasteiger partial charge on any atom is 0.0752 e. The van der Waals surface area contributed by atoms with Crippen LogP contribution in [0, 0.1) is 6.92 Å². The van der Waals surface area contributed by atoms with E-state index in [1.807, 2.05) is 29.3 Å². The van der Waals surface area contributed by atoms with Crippen molar-refractivity contribution in [1.82, 2.24) is 15.1 Å². The van der Waals surface area contributed by atoms with Crippen LogP contribution in [0.25, 0.3) is 0 Å². The summed E-state index contributed by atoms with van der Waals surface area (Å²) in [7, 11) is 1.97. The van der Waals surface area contributed by atoms with Crippen molar-refractivity contribution >= 4 is 11.3 Å². The summed E-state index contributed by atoms with van der Waals surface area (Å²) in [6.07, 6.45) is 3.96. The standard InChI is InChI=1S/C11H15N3S/c1-9-5-13-14(7-9)8-11-4-3-10(15-11)6-12-2/h3-5,7,12H,6,8H2,1-2H3. The highest BCUT2D eigenvalue weighted by Gasteiger charge is 2.01. The van der Waals surface area contributed by atoms with Crippen molar-refractivity contribution in [3.05, 3.63) is 39.8 Å². The Morgan fingerprint density at radius 1 is 1.40 bits per heavy atom. The van der Waals surface area contributed by atoms with Gasteiger partial charge in [-0.15, -0.1) is 11.3 Å². The molecule has 0 aliphatic heterocycles. The lowest BCUT2D eigenvalue weighted by atomic mass is 10.4. The minimum Gasteiger partial charge on any atom is -0.315 e. The molecule has 0 aliphatic carbocycles. The Balaban J connectivity index is 2.04. The van der Waals surface area contributed by atoms with Crippen LogP contribution >= 0.6 is 11.3 Å². The molecule has 0 atom stereocenters. The van der Waals surface area contributed by atoms with Gasteiger partial charge in [-0.1, -0.05) is 0 Å². The van der Waals surface area contributed by atoms with Gasteiger partial charge >= 0.3 is 0 Å². The number of rotatable bonds is 4. The van der Waals surface area contributed by atoms with Crippen LogP contribution in [0.4, 0.5) is 0 Å². The van der Waals surface area contributed by atoms with Gasteiger partial charge in [0.05, 0.1) is 12.7 Å². The first-order valence-corrected chi connectivity index (χ1v) is 5.81. The first-order valence-electron chi connectivity index (χ1n) is 4.99. The Morgan fingerprint density at radius 3 is 2.87 bits per heavy atom. The van der Waals surface area contributed by atoms with Gasteiger partial charge in [-0.05, 0) is 31.7 Å². The molecule has 2 heterocycles. The van der Waals surface area contributed by atoms with Gasteiger partial charge in [-0.2, -0.15) is 5.10 Å². The zero-order valence-corrected chi connectivity index (χ0v) is 9.84. The van der Waals surface area contributed by atoms with E-state index in [4.69, 9.17) is 0 Å². The fourth-order valence-corrected chi connectivity index (χ4v) is 2.51. The topological polar surface area (TPSA) is 29.9 Å². The van der Waals surface area contributed by atoms with E-state index in [1.165, 1.54) is 15.3 Å². The zero-order valence-electron chi connectivity index (χ0n) is 9.03. The van der Waals surface area contributed by atoms with E-state index in [1.54, 1.807) is 0 Å². The van der Waals surface area contributed by atoms with Gasteiger partial charge in [0, 0.05) is 22.5 Å². The summed E-state index contributed by atoms with van der Waals surface area (Å²) >= 11 is 1.84. The van der Waals surface area contributed by atoms with E-state index in [-0.39, 0.29) is 0 Å². The second-order valence-electron chi connectivity index (χ2n) is 3.61. The van der Waals surface area contributed by atoms with Crippen LogP contribution in [-0.4, -0.2) is 16.8 Å². The Bertz CT molecular complexity index is 430. The second-order valence-corrected chi connectivity index (χ2v) is 4.87. The van der Waals surface area contributed by atoms with E-state index in [0.29, 0.717) is 0 Å². The van der Waals surface area contributed by atoms with Gasteiger partial charge in [0.15, 0.2) is 0 Å². The number of aryl methyl sites for hydroxylation is 1. The van der Waals surface area contributed by atoms with E-state index >= 15 is 0 Å². The van der Waals surface area contributed by atoms with Gasteiger partial charge in [0.2, 0.25) is 0 Å². The molecule has 2 rings (SSSR count). The molecule has 80 valence electrons. The largest absolute Gasteiger partial charge is 0.315 e. The van der Waals surface area contributed by atoms with Crippen molar-refractivity contribution in [3.63, 3.8) is 0 Å². The molecule has 2 aromatic heterocycles. The molecule has 1 N–H and O–H groups in total. The predicted molar refractivity (Wildman–Crippen MR) is 63.1 cm³/mol. The first kappa shape index (κ1) is 10.4. The summed E-state index contributed by atoms with van der Waals surface area (Å²) in [6, 6.07) is 4.35. The van der Waals surface area contributed by atoms with Crippen molar-refractivity contribution in [2.45, 2.75) is 20.0 Å². The van der Waals surface area contributed by atoms with Gasteiger partial charge in [0.1, 0.15) is 0 Å². The third-order valence-electron chi connectivity index (χ3n) is 2.15. The third kappa shape index (κ3) is 2.67. The number of nitrogens with one attached hydrogen (secondary N) is 1. The molecule has 0 spiro atoms. The summed E-state index contributed by atoms with van der Waals surface area (Å²) in [5.41, 5.74) is 1.21. The molecule has 3 nitrogen and oxygen atoms in total. The highest BCUT2D eigenvalue weighted by Crippen LogP contribution is 2.17. The van der Waals surface area contributed by atoms with Crippen LogP contribution in [0.15, 0.2) is 24.5 Å². The highest BCUT2D eigenvalue weighted by molar-refractivity contribution is 7.11. The summed E-state index contributed by atoms with van der Waals surface area (Å²) in [4.78, 5) is 2.72. The molecule has 0 fully saturated rings. The maximum absolute atomic E-state index is 4.27. The molecule has 0 amide bonds. The predicted octanol–water partition coefficient (Wildman–Crippen LogP) is 2.02. The molecular formula is C11H15N3S. The quantitative estimate of drug-likeness (QED) is 0.856. The lowest BCUT2D eigenvalue weighted by molar-refractivity contribution is 0.694. The molecular weight excluding hydrogens is 206 g/mol. The van der Waals surface area contributed by atoms with Crippen molar-refractivity contribution in [2.75, 3.05) is 7.05 Å². The van der Waals surface area contributed by atoms with Gasteiger partial charge in [0.25, 0.3) is 0 Å². The monoisotopic (exact) mass is 221 g/mol. The van der Waals surface area contributed by atoms with Crippen molar-refractivity contribution in [1.29, 1.82) is 0 Å². The summed E-state index contributed by atoms with van der Waals surface area (Å²) < 4.78 is 1.98. The van der Waals surface area contributed by atoms with Crippen LogP contribution in [0.3, 0.4) is 0 Å². The number of nitrogens with zero attached hydrogens (tertiary/aromatic N) is 2. The average molecular weight is 221 g/mol. The fraction of sp³-hybridized carbons (Fsp3) is 0.364. The summed E-state index contributed by atoms with van der Waals surface area (Å²) in [6.45, 7) is 3.88. The summed E-state index contributed by atoms with van der Waals surface area (Å²) in [5.74, 6) is 0. The first-order chi connectivity index (χ1) is 7.28. The maximum atomic E-state index is 4.27. The SMILES string of the molecule is CNCc1ccc(Cn2cc(C)cn2)s1. The van der Waals surface area contributed by atoms with Gasteiger partial charge < -0.3 is 5.32 Å². The lowest BCUT2D eigenvalue weighted by Gasteiger charge is -1.97. The minimum absolute atomic E-state index is 0.877. The van der Waals surface area contributed by atoms with Crippen LogP contribution in [0.2, 0.25) is 0 Å². The molecule has 0 saturated carbocycles. The van der Waals surface area contributed by atoms with Crippen LogP contribution in [0.1, 0.15) is 15.3 Å². The Hall–Kier alpha value is -1.13. The zero-order chi connectivity index (χ0) is 10.7. The number of aromatic nitrogens is 2. The molecule has 4 heteroatoms. The second kappa shape index (κ2) is 4.59. The van der Waals surface area contributed by atoms with Crippen molar-refractivity contribution < 1.29 is 0 Å². The Labute approximate surface area is 93.7 Å². The van der Waals surface area contributed by atoms with Crippen molar-refractivity contribution in [2.24, 2.45) is 0 Å². The molecule has 2 aromatic rings. The number of hydrogen-bond donors (Lipinski definition) is 1. The molecule has 0 radical (unpaired) electrons. The Kier molecular flexibility index (Phi) is 3.18. The molecule has 0 aromatic carbocycles. The molecule has 0 unspecified atom stereocenters. The molecule has 0 bridgehead atoms. The number of hydrogen-bond acceptors (Lipinski definition) is 3. The molecule has 0 saturated heterocycles.